The SMILES string of the molecule is Cc1c(C(=O)/C=C/N(C)C)sc2nc(-c3ccccc3)c(-c3ccccc3)n12. The minimum Gasteiger partial charge on any atom is -0.383 e. The van der Waals surface area contributed by atoms with Crippen molar-refractivity contribution in [1.29, 1.82) is 0 Å². The molecular weight excluding hydrogens is 366 g/mol. The van der Waals surface area contributed by atoms with Crippen molar-refractivity contribution in [2.24, 2.45) is 0 Å². The Morgan fingerprint density at radius 3 is 2.21 bits per heavy atom. The van der Waals surface area contributed by atoms with E-state index in [2.05, 4.69) is 28.7 Å². The van der Waals surface area contributed by atoms with Crippen LogP contribution in [0.15, 0.2) is 72.9 Å². The number of ketones is 1. The van der Waals surface area contributed by atoms with E-state index in [1.807, 2.05) is 62.3 Å². The zero-order chi connectivity index (χ0) is 19.7. The Bertz CT molecular complexity index is 1160. The third-order valence-electron chi connectivity index (χ3n) is 4.55. The van der Waals surface area contributed by atoms with Crippen LogP contribution in [0.25, 0.3) is 27.5 Å². The van der Waals surface area contributed by atoms with Gasteiger partial charge in [-0.1, -0.05) is 72.0 Å². The van der Waals surface area contributed by atoms with Crippen LogP contribution in [0.4, 0.5) is 0 Å². The molecule has 0 fully saturated rings. The molecule has 0 atom stereocenters. The van der Waals surface area contributed by atoms with E-state index in [0.717, 1.165) is 38.0 Å². The van der Waals surface area contributed by atoms with Crippen molar-refractivity contribution in [3.63, 3.8) is 0 Å². The Balaban J connectivity index is 1.94. The van der Waals surface area contributed by atoms with Crippen LogP contribution in [0, 0.1) is 6.92 Å². The number of nitrogens with zero attached hydrogens (tertiary/aromatic N) is 3. The van der Waals surface area contributed by atoms with Gasteiger partial charge >= 0.3 is 0 Å². The smallest absolute Gasteiger partial charge is 0.199 e. The van der Waals surface area contributed by atoms with Gasteiger partial charge in [0.25, 0.3) is 0 Å². The van der Waals surface area contributed by atoms with Crippen LogP contribution in [0.5, 0.6) is 0 Å². The molecule has 0 spiro atoms. The number of carbonyl (C=O) groups is 1. The maximum absolute atomic E-state index is 12.7. The van der Waals surface area contributed by atoms with Crippen molar-refractivity contribution >= 4 is 22.1 Å². The molecule has 2 aromatic carbocycles. The first kappa shape index (κ1) is 18.2. The summed E-state index contributed by atoms with van der Waals surface area (Å²) < 4.78 is 2.11. The molecular formula is C23H21N3OS. The van der Waals surface area contributed by atoms with Gasteiger partial charge in [-0.3, -0.25) is 9.20 Å². The standard InChI is InChI=1S/C23H21N3OS/c1-16-22(19(27)14-15-25(2)3)28-23-24-20(17-10-6-4-7-11-17)21(26(16)23)18-12-8-5-9-13-18/h4-15H,1-3H3/b15-14+. The van der Waals surface area contributed by atoms with E-state index >= 15 is 0 Å². The zero-order valence-electron chi connectivity index (χ0n) is 16.1. The Labute approximate surface area is 168 Å². The van der Waals surface area contributed by atoms with E-state index in [0.29, 0.717) is 0 Å². The molecule has 4 rings (SSSR count). The number of hydrogen-bond donors (Lipinski definition) is 0. The molecule has 0 radical (unpaired) electrons. The van der Waals surface area contributed by atoms with Crippen LogP contribution in [0.3, 0.4) is 0 Å². The number of aromatic nitrogens is 2. The third-order valence-corrected chi connectivity index (χ3v) is 5.70. The molecule has 2 aromatic heterocycles. The lowest BCUT2D eigenvalue weighted by Gasteiger charge is -2.07. The Hall–Kier alpha value is -3.18. The fourth-order valence-corrected chi connectivity index (χ4v) is 4.27. The number of rotatable bonds is 5. The van der Waals surface area contributed by atoms with E-state index < -0.39 is 0 Å². The Kier molecular flexibility index (Phi) is 4.84. The van der Waals surface area contributed by atoms with Crippen molar-refractivity contribution in [2.75, 3.05) is 14.1 Å². The average Bonchev–Trinajstić information content (AvgIpc) is 3.24. The molecule has 2 heterocycles. The van der Waals surface area contributed by atoms with E-state index in [1.54, 1.807) is 12.3 Å². The molecule has 0 aliphatic heterocycles. The second-order valence-electron chi connectivity index (χ2n) is 6.82. The number of carbonyl (C=O) groups excluding carboxylic acids is 1. The summed E-state index contributed by atoms with van der Waals surface area (Å²) in [6, 6.07) is 20.4. The van der Waals surface area contributed by atoms with Gasteiger partial charge in [0.1, 0.15) is 0 Å². The monoisotopic (exact) mass is 387 g/mol. The molecule has 0 aliphatic carbocycles. The molecule has 5 heteroatoms. The molecule has 0 N–H and O–H groups in total. The molecule has 0 saturated carbocycles. The molecule has 28 heavy (non-hydrogen) atoms. The lowest BCUT2D eigenvalue weighted by molar-refractivity contribution is 0.104. The second-order valence-corrected chi connectivity index (χ2v) is 7.80. The number of allylic oxidation sites excluding steroid dienone is 1. The highest BCUT2D eigenvalue weighted by Gasteiger charge is 2.22. The van der Waals surface area contributed by atoms with Gasteiger partial charge in [0, 0.05) is 43.2 Å². The number of hydrogen-bond acceptors (Lipinski definition) is 4. The van der Waals surface area contributed by atoms with E-state index in [1.165, 1.54) is 11.3 Å². The van der Waals surface area contributed by atoms with E-state index in [-0.39, 0.29) is 5.78 Å². The predicted octanol–water partition coefficient (Wildman–Crippen LogP) is 5.30. The van der Waals surface area contributed by atoms with Gasteiger partial charge in [-0.25, -0.2) is 4.98 Å². The van der Waals surface area contributed by atoms with Crippen molar-refractivity contribution in [3.05, 3.63) is 83.5 Å². The summed E-state index contributed by atoms with van der Waals surface area (Å²) in [5, 5.41) is 0. The summed E-state index contributed by atoms with van der Waals surface area (Å²) >= 11 is 1.44. The summed E-state index contributed by atoms with van der Waals surface area (Å²) in [5.74, 6) is 0.00183. The maximum atomic E-state index is 12.7. The van der Waals surface area contributed by atoms with E-state index in [9.17, 15) is 4.79 Å². The molecule has 4 nitrogen and oxygen atoms in total. The van der Waals surface area contributed by atoms with Crippen LogP contribution in [0.2, 0.25) is 0 Å². The van der Waals surface area contributed by atoms with Crippen LogP contribution in [0.1, 0.15) is 15.4 Å². The van der Waals surface area contributed by atoms with Gasteiger partial charge in [0.15, 0.2) is 10.7 Å². The van der Waals surface area contributed by atoms with Crippen LogP contribution < -0.4 is 0 Å². The molecule has 0 saturated heterocycles. The third kappa shape index (κ3) is 3.25. The second kappa shape index (κ2) is 7.44. The Morgan fingerprint density at radius 1 is 1.00 bits per heavy atom. The first-order valence-electron chi connectivity index (χ1n) is 9.08. The van der Waals surface area contributed by atoms with Crippen LogP contribution in [-0.2, 0) is 0 Å². The highest BCUT2D eigenvalue weighted by atomic mass is 32.1. The summed E-state index contributed by atoms with van der Waals surface area (Å²) in [6.45, 7) is 1.99. The quantitative estimate of drug-likeness (QED) is 0.345. The van der Waals surface area contributed by atoms with Gasteiger partial charge in [-0.15, -0.1) is 0 Å². The van der Waals surface area contributed by atoms with E-state index in [4.69, 9.17) is 4.98 Å². The predicted molar refractivity (Wildman–Crippen MR) is 116 cm³/mol. The fourth-order valence-electron chi connectivity index (χ4n) is 3.23. The first-order chi connectivity index (χ1) is 13.6. The normalized spacial score (nSPS) is 11.4. The minimum absolute atomic E-state index is 0.00183. The van der Waals surface area contributed by atoms with Crippen molar-refractivity contribution in [2.45, 2.75) is 6.92 Å². The maximum Gasteiger partial charge on any atom is 0.199 e. The summed E-state index contributed by atoms with van der Waals surface area (Å²) in [5.41, 5.74) is 5.02. The summed E-state index contributed by atoms with van der Waals surface area (Å²) in [4.78, 5) is 21.0. The largest absolute Gasteiger partial charge is 0.383 e. The van der Waals surface area contributed by atoms with Crippen LogP contribution >= 0.6 is 11.3 Å². The molecule has 4 aromatic rings. The van der Waals surface area contributed by atoms with Crippen LogP contribution in [-0.4, -0.2) is 34.2 Å². The number of fused-ring (bicyclic) bond motifs is 1. The lowest BCUT2D eigenvalue weighted by atomic mass is 10.0. The topological polar surface area (TPSA) is 37.6 Å². The Morgan fingerprint density at radius 2 is 1.61 bits per heavy atom. The average molecular weight is 388 g/mol. The van der Waals surface area contributed by atoms with Crippen molar-refractivity contribution in [3.8, 4) is 22.5 Å². The fraction of sp³-hybridized carbons (Fsp3) is 0.130. The number of imidazole rings is 1. The summed E-state index contributed by atoms with van der Waals surface area (Å²) in [6.07, 6.45) is 3.39. The first-order valence-corrected chi connectivity index (χ1v) is 9.89. The molecule has 0 bridgehead atoms. The highest BCUT2D eigenvalue weighted by Crippen LogP contribution is 2.37. The highest BCUT2D eigenvalue weighted by molar-refractivity contribution is 7.19. The molecule has 0 unspecified atom stereocenters. The van der Waals surface area contributed by atoms with Gasteiger partial charge in [-0.2, -0.15) is 0 Å². The van der Waals surface area contributed by atoms with Crippen molar-refractivity contribution < 1.29 is 4.79 Å². The lowest BCUT2D eigenvalue weighted by Crippen LogP contribution is -2.03. The summed E-state index contributed by atoms with van der Waals surface area (Å²) in [7, 11) is 3.80. The van der Waals surface area contributed by atoms with Gasteiger partial charge < -0.3 is 4.90 Å². The number of thiazole rings is 1. The van der Waals surface area contributed by atoms with Crippen molar-refractivity contribution in [1.82, 2.24) is 14.3 Å². The number of benzene rings is 2. The molecule has 0 aliphatic rings. The van der Waals surface area contributed by atoms with Gasteiger partial charge in [0.2, 0.25) is 0 Å². The zero-order valence-corrected chi connectivity index (χ0v) is 16.9. The minimum atomic E-state index is 0.00183. The molecule has 140 valence electrons. The van der Waals surface area contributed by atoms with Gasteiger partial charge in [0.05, 0.1) is 16.3 Å². The number of aryl methyl sites for hydroxylation is 1. The van der Waals surface area contributed by atoms with Gasteiger partial charge in [-0.05, 0) is 6.92 Å². The molecule has 0 amide bonds.